The lowest BCUT2D eigenvalue weighted by molar-refractivity contribution is 0.0300. The summed E-state index contributed by atoms with van der Waals surface area (Å²) >= 11 is 0. The van der Waals surface area contributed by atoms with E-state index in [0.29, 0.717) is 36.6 Å². The topological polar surface area (TPSA) is 126 Å². The van der Waals surface area contributed by atoms with Crippen LogP contribution in [0.2, 0.25) is 0 Å². The number of nitrogens with one attached hydrogen (secondary N) is 3. The van der Waals surface area contributed by atoms with E-state index in [1.54, 1.807) is 31.4 Å². The molecular weight excluding hydrogens is 417 g/mol. The monoisotopic (exact) mass is 441 g/mol. The minimum absolute atomic E-state index is 0.215. The molecule has 5 rings (SSSR count). The van der Waals surface area contributed by atoms with Gasteiger partial charge in [0.15, 0.2) is 5.65 Å². The van der Waals surface area contributed by atoms with Crippen molar-refractivity contribution in [3.63, 3.8) is 0 Å². The molecule has 32 heavy (non-hydrogen) atoms. The Bertz CT molecular complexity index is 1240. The second-order valence-corrected chi connectivity index (χ2v) is 8.21. The molecule has 168 valence electrons. The summed E-state index contributed by atoms with van der Waals surface area (Å²) in [6.45, 7) is 0. The molecule has 0 spiro atoms. The molecule has 0 unspecified atom stereocenters. The van der Waals surface area contributed by atoms with Gasteiger partial charge in [0.2, 0.25) is 0 Å². The average molecular weight is 441 g/mol. The molecule has 0 aliphatic heterocycles. The van der Waals surface area contributed by atoms with E-state index in [2.05, 4.69) is 26.0 Å². The molecule has 0 radical (unpaired) electrons. The number of halogens is 1. The number of aliphatic hydroxyl groups excluding tert-OH is 1. The Morgan fingerprint density at radius 2 is 2.12 bits per heavy atom. The lowest BCUT2D eigenvalue weighted by Gasteiger charge is -2.34. The van der Waals surface area contributed by atoms with Crippen molar-refractivity contribution in [3.05, 3.63) is 46.5 Å². The summed E-state index contributed by atoms with van der Waals surface area (Å²) in [6, 6.07) is 4.31. The summed E-state index contributed by atoms with van der Waals surface area (Å²) in [5, 5.41) is 22.9. The molecule has 2 saturated carbocycles. The molecule has 3 aromatic rings. The highest BCUT2D eigenvalue weighted by Gasteiger charge is 2.33. The quantitative estimate of drug-likeness (QED) is 0.458. The maximum Gasteiger partial charge on any atom is 0.274 e. The molecule has 4 N–H and O–H groups in total. The van der Waals surface area contributed by atoms with E-state index >= 15 is 0 Å². The molecule has 0 bridgehead atoms. The highest BCUT2D eigenvalue weighted by Crippen LogP contribution is 2.31. The molecule has 1 amide bonds. The van der Waals surface area contributed by atoms with Crippen LogP contribution in [0, 0.1) is 0 Å². The van der Waals surface area contributed by atoms with Crippen molar-refractivity contribution < 1.29 is 14.3 Å². The van der Waals surface area contributed by atoms with Gasteiger partial charge in [0.1, 0.15) is 29.1 Å². The van der Waals surface area contributed by atoms with Gasteiger partial charge in [-0.15, -0.1) is 0 Å². The lowest BCUT2D eigenvalue weighted by atomic mass is 9.89. The second-order valence-electron chi connectivity index (χ2n) is 8.21. The van der Waals surface area contributed by atoms with Gasteiger partial charge in [0.05, 0.1) is 24.4 Å². The van der Waals surface area contributed by atoms with Gasteiger partial charge in [-0.1, -0.05) is 0 Å². The van der Waals surface area contributed by atoms with E-state index in [1.165, 1.54) is 15.3 Å². The zero-order chi connectivity index (χ0) is 22.4. The van der Waals surface area contributed by atoms with Crippen molar-refractivity contribution in [1.82, 2.24) is 24.5 Å². The van der Waals surface area contributed by atoms with E-state index in [-0.39, 0.29) is 22.8 Å². The number of fused-ring (bicyclic) bond motifs is 1. The number of hydrogen-bond acceptors (Lipinski definition) is 7. The summed E-state index contributed by atoms with van der Waals surface area (Å²) in [6.07, 6.45) is 3.96. The number of aromatic nitrogens is 4. The van der Waals surface area contributed by atoms with Crippen LogP contribution < -0.4 is 21.5 Å². The van der Waals surface area contributed by atoms with Crippen LogP contribution in [0.25, 0.3) is 5.65 Å². The summed E-state index contributed by atoms with van der Waals surface area (Å²) in [7, 11) is 1.70. The Morgan fingerprint density at radius 3 is 2.75 bits per heavy atom. The number of hydrogen-bond donors (Lipinski definition) is 4. The molecule has 10 nitrogen and oxygen atoms in total. The molecule has 2 aliphatic rings. The minimum atomic E-state index is -1.03. The van der Waals surface area contributed by atoms with Gasteiger partial charge in [-0.05, 0) is 37.8 Å². The fourth-order valence-electron chi connectivity index (χ4n) is 4.03. The van der Waals surface area contributed by atoms with Crippen molar-refractivity contribution in [3.8, 4) is 0 Å². The molecule has 3 heterocycles. The Labute approximate surface area is 182 Å². The zero-order valence-electron chi connectivity index (χ0n) is 17.5. The van der Waals surface area contributed by atoms with Crippen LogP contribution in [0.5, 0.6) is 0 Å². The molecule has 3 aromatic heterocycles. The summed E-state index contributed by atoms with van der Waals surface area (Å²) in [4.78, 5) is 30.1. The maximum absolute atomic E-state index is 13.6. The number of amides is 1. The number of rotatable bonds is 6. The number of carbonyl (C=O) groups is 1. The fraction of sp³-hybridized carbons (Fsp3) is 0.429. The predicted molar refractivity (Wildman–Crippen MR) is 116 cm³/mol. The van der Waals surface area contributed by atoms with Crippen molar-refractivity contribution >= 4 is 28.9 Å². The van der Waals surface area contributed by atoms with Gasteiger partial charge < -0.3 is 25.6 Å². The normalized spacial score (nSPS) is 24.5. The van der Waals surface area contributed by atoms with Gasteiger partial charge in [-0.3, -0.25) is 9.59 Å². The third kappa shape index (κ3) is 3.38. The third-order valence-corrected chi connectivity index (χ3v) is 6.28. The third-order valence-electron chi connectivity index (χ3n) is 6.28. The molecule has 2 aliphatic carbocycles. The van der Waals surface area contributed by atoms with Gasteiger partial charge in [0.25, 0.3) is 11.5 Å². The van der Waals surface area contributed by atoms with Crippen LogP contribution in [-0.2, 0) is 0 Å². The van der Waals surface area contributed by atoms with Crippen LogP contribution in [0.15, 0.2) is 35.4 Å². The Hall–Kier alpha value is -3.47. The number of pyridine rings is 1. The SMILES string of the molecule is CNc1cc(Nc2cccn([C@@H]3CC[C@@H]3O)c2=O)nc2c(C(=O)N[C@@H]3CC[C@H]3F)cnn12. The highest BCUT2D eigenvalue weighted by atomic mass is 19.1. The van der Waals surface area contributed by atoms with E-state index in [0.717, 1.165) is 6.42 Å². The average Bonchev–Trinajstić information content (AvgIpc) is 3.21. The Kier molecular flexibility index (Phi) is 5.04. The smallest absolute Gasteiger partial charge is 0.274 e. The lowest BCUT2D eigenvalue weighted by Crippen LogP contribution is -2.48. The van der Waals surface area contributed by atoms with Crippen LogP contribution in [-0.4, -0.2) is 55.5 Å². The van der Waals surface area contributed by atoms with E-state index in [4.69, 9.17) is 0 Å². The molecule has 11 heteroatoms. The Balaban J connectivity index is 1.48. The minimum Gasteiger partial charge on any atom is -0.391 e. The molecule has 2 fully saturated rings. The standard InChI is InChI=1S/C21H24FN7O3/c1-23-18-9-17(25-14-3-2-8-28(21(14)32)15-6-7-16(15)30)27-19-11(10-24-29(18)19)20(31)26-13-5-4-12(13)22/h2-3,8-10,12-13,15-16,23,30H,4-7H2,1H3,(H,25,27)(H,26,31)/t12-,13-,15-,16+/m1/s1. The number of aliphatic hydroxyl groups is 1. The van der Waals surface area contributed by atoms with Gasteiger partial charge in [-0.25, -0.2) is 9.37 Å². The first-order valence-corrected chi connectivity index (χ1v) is 10.6. The first-order valence-electron chi connectivity index (χ1n) is 10.6. The van der Waals surface area contributed by atoms with Crippen LogP contribution in [0.3, 0.4) is 0 Å². The van der Waals surface area contributed by atoms with Gasteiger partial charge in [-0.2, -0.15) is 9.61 Å². The van der Waals surface area contributed by atoms with Crippen LogP contribution in [0.1, 0.15) is 42.1 Å². The van der Waals surface area contributed by atoms with Gasteiger partial charge >= 0.3 is 0 Å². The first kappa shape index (κ1) is 20.4. The van der Waals surface area contributed by atoms with Crippen LogP contribution in [0.4, 0.5) is 21.7 Å². The molecular formula is C21H24FN7O3. The molecule has 0 saturated heterocycles. The fourth-order valence-corrected chi connectivity index (χ4v) is 4.03. The van der Waals surface area contributed by atoms with Crippen molar-refractivity contribution in [2.45, 2.75) is 50.0 Å². The summed E-state index contributed by atoms with van der Waals surface area (Å²) in [5.41, 5.74) is 0.518. The molecule has 4 atom stereocenters. The van der Waals surface area contributed by atoms with E-state index < -0.39 is 24.2 Å². The number of anilines is 3. The number of nitrogens with zero attached hydrogens (tertiary/aromatic N) is 4. The largest absolute Gasteiger partial charge is 0.391 e. The summed E-state index contributed by atoms with van der Waals surface area (Å²) in [5.74, 6) is 0.446. The second kappa shape index (κ2) is 7.90. The highest BCUT2D eigenvalue weighted by molar-refractivity contribution is 6.00. The van der Waals surface area contributed by atoms with Crippen molar-refractivity contribution in [2.75, 3.05) is 17.7 Å². The number of alkyl halides is 1. The first-order chi connectivity index (χ1) is 15.5. The van der Waals surface area contributed by atoms with E-state index in [9.17, 15) is 19.1 Å². The van der Waals surface area contributed by atoms with Crippen LogP contribution >= 0.6 is 0 Å². The number of carbonyl (C=O) groups excluding carboxylic acids is 1. The van der Waals surface area contributed by atoms with Gasteiger partial charge in [0, 0.05) is 19.3 Å². The Morgan fingerprint density at radius 1 is 1.28 bits per heavy atom. The maximum atomic E-state index is 13.6. The molecule has 0 aromatic carbocycles. The van der Waals surface area contributed by atoms with Crippen molar-refractivity contribution in [1.29, 1.82) is 0 Å². The predicted octanol–water partition coefficient (Wildman–Crippen LogP) is 1.60. The van der Waals surface area contributed by atoms with E-state index in [1.807, 2.05) is 0 Å². The zero-order valence-corrected chi connectivity index (χ0v) is 17.5. The van der Waals surface area contributed by atoms with Crippen molar-refractivity contribution in [2.24, 2.45) is 0 Å². The summed E-state index contributed by atoms with van der Waals surface area (Å²) < 4.78 is 16.6.